The van der Waals surface area contributed by atoms with Crippen LogP contribution in [0.15, 0.2) is 23.0 Å². The highest BCUT2D eigenvalue weighted by Crippen LogP contribution is 2.25. The maximum Gasteiger partial charge on any atom is 0.338 e. The Kier molecular flexibility index (Phi) is 3.29. The van der Waals surface area contributed by atoms with Crippen LogP contribution in [0.2, 0.25) is 0 Å². The molecule has 0 aliphatic rings. The van der Waals surface area contributed by atoms with E-state index >= 15 is 0 Å². The number of ether oxygens (including phenoxy) is 1. The first-order valence-corrected chi connectivity index (χ1v) is 5.88. The van der Waals surface area contributed by atoms with Crippen LogP contribution in [-0.4, -0.2) is 32.2 Å². The second-order valence-electron chi connectivity index (χ2n) is 4.58. The quantitative estimate of drug-likeness (QED) is 0.835. The summed E-state index contributed by atoms with van der Waals surface area (Å²) in [7, 11) is 5.07. The molecule has 1 N–H and O–H groups in total. The molecule has 1 aromatic heterocycles. The number of hydrogen-bond acceptors (Lipinski definition) is 4. The Balaban J connectivity index is 2.94. The maximum atomic E-state index is 12.2. The summed E-state index contributed by atoms with van der Waals surface area (Å²) in [5.74, 6) is -0.510. The largest absolute Gasteiger partial charge is 0.465 e. The molecule has 0 spiro atoms. The van der Waals surface area contributed by atoms with E-state index < -0.39 is 5.97 Å². The molecule has 100 valence electrons. The van der Waals surface area contributed by atoms with Crippen LogP contribution in [0.3, 0.4) is 0 Å². The number of pyridine rings is 1. The number of carbonyl (C=O) groups excluding carboxylic acids is 1. The van der Waals surface area contributed by atoms with Crippen molar-refractivity contribution in [2.24, 2.45) is 0 Å². The molecule has 0 aliphatic carbocycles. The average Bonchev–Trinajstić information content (AvgIpc) is 2.35. The number of nitrogens with zero attached hydrogens (tertiary/aromatic N) is 1. The van der Waals surface area contributed by atoms with Crippen molar-refractivity contribution in [3.05, 3.63) is 39.7 Å². The second-order valence-corrected chi connectivity index (χ2v) is 4.58. The summed E-state index contributed by atoms with van der Waals surface area (Å²) in [4.78, 5) is 29.0. The summed E-state index contributed by atoms with van der Waals surface area (Å²) in [5, 5.41) is 0.364. The topological polar surface area (TPSA) is 62.4 Å². The van der Waals surface area contributed by atoms with Crippen LogP contribution in [0.1, 0.15) is 16.1 Å². The molecular weight excluding hydrogens is 244 g/mol. The first kappa shape index (κ1) is 13.1. The smallest absolute Gasteiger partial charge is 0.338 e. The minimum atomic E-state index is -0.510. The summed E-state index contributed by atoms with van der Waals surface area (Å²) in [6, 6.07) is 4.90. The van der Waals surface area contributed by atoms with E-state index in [1.54, 1.807) is 12.1 Å². The highest BCUT2D eigenvalue weighted by atomic mass is 16.5. The number of aromatic amines is 1. The Morgan fingerprint density at radius 3 is 2.58 bits per heavy atom. The Bertz CT molecular complexity index is 702. The summed E-state index contributed by atoms with van der Waals surface area (Å²) < 4.78 is 4.72. The maximum absolute atomic E-state index is 12.2. The number of aryl methyl sites for hydroxylation is 1. The lowest BCUT2D eigenvalue weighted by Gasteiger charge is -2.16. The van der Waals surface area contributed by atoms with Crippen molar-refractivity contribution in [3.63, 3.8) is 0 Å². The van der Waals surface area contributed by atoms with Crippen molar-refractivity contribution in [2.45, 2.75) is 6.92 Å². The van der Waals surface area contributed by atoms with Gasteiger partial charge in [-0.3, -0.25) is 4.79 Å². The van der Waals surface area contributed by atoms with E-state index in [0.29, 0.717) is 10.9 Å². The third-order valence-electron chi connectivity index (χ3n) is 2.99. The number of hydrogen-bond donors (Lipinski definition) is 1. The summed E-state index contributed by atoms with van der Waals surface area (Å²) in [6.07, 6.45) is 0. The lowest BCUT2D eigenvalue weighted by Crippen LogP contribution is -2.15. The number of H-pyrrole nitrogens is 1. The van der Waals surface area contributed by atoms with Crippen molar-refractivity contribution in [3.8, 4) is 0 Å². The van der Waals surface area contributed by atoms with Gasteiger partial charge in [0.15, 0.2) is 5.43 Å². The average molecular weight is 260 g/mol. The van der Waals surface area contributed by atoms with Gasteiger partial charge in [-0.25, -0.2) is 4.79 Å². The van der Waals surface area contributed by atoms with Gasteiger partial charge in [0, 0.05) is 25.9 Å². The van der Waals surface area contributed by atoms with Gasteiger partial charge in [0.05, 0.1) is 29.3 Å². The molecule has 5 heteroatoms. The van der Waals surface area contributed by atoms with Crippen LogP contribution >= 0.6 is 0 Å². The van der Waals surface area contributed by atoms with Crippen LogP contribution in [0.5, 0.6) is 0 Å². The Morgan fingerprint density at radius 2 is 2.00 bits per heavy atom. The molecule has 19 heavy (non-hydrogen) atoms. The van der Waals surface area contributed by atoms with Crippen molar-refractivity contribution >= 4 is 22.6 Å². The second kappa shape index (κ2) is 4.76. The van der Waals surface area contributed by atoms with E-state index in [0.717, 1.165) is 11.4 Å². The molecule has 0 bridgehead atoms. The molecule has 0 aliphatic heterocycles. The van der Waals surface area contributed by atoms with Gasteiger partial charge in [-0.2, -0.15) is 0 Å². The van der Waals surface area contributed by atoms with Gasteiger partial charge >= 0.3 is 5.97 Å². The van der Waals surface area contributed by atoms with Crippen molar-refractivity contribution < 1.29 is 9.53 Å². The van der Waals surface area contributed by atoms with Crippen LogP contribution in [0.4, 0.5) is 5.69 Å². The van der Waals surface area contributed by atoms with Gasteiger partial charge in [-0.1, -0.05) is 0 Å². The van der Waals surface area contributed by atoms with Crippen molar-refractivity contribution in [1.29, 1.82) is 0 Å². The third-order valence-corrected chi connectivity index (χ3v) is 2.99. The molecule has 0 amide bonds. The van der Waals surface area contributed by atoms with Crippen LogP contribution in [0, 0.1) is 6.92 Å². The molecule has 0 saturated carbocycles. The number of carbonyl (C=O) groups is 1. The highest BCUT2D eigenvalue weighted by molar-refractivity contribution is 6.06. The van der Waals surface area contributed by atoms with Crippen LogP contribution < -0.4 is 10.3 Å². The Hall–Kier alpha value is -2.30. The van der Waals surface area contributed by atoms with E-state index in [2.05, 4.69) is 4.98 Å². The number of fused-ring (bicyclic) bond motifs is 1. The van der Waals surface area contributed by atoms with Gasteiger partial charge in [-0.15, -0.1) is 0 Å². The minimum absolute atomic E-state index is 0.185. The summed E-state index contributed by atoms with van der Waals surface area (Å²) >= 11 is 0. The first-order valence-electron chi connectivity index (χ1n) is 5.88. The first-order chi connectivity index (χ1) is 8.95. The normalized spacial score (nSPS) is 10.5. The molecule has 5 nitrogen and oxygen atoms in total. The molecule has 0 radical (unpaired) electrons. The fourth-order valence-electron chi connectivity index (χ4n) is 2.13. The minimum Gasteiger partial charge on any atom is -0.465 e. The molecule has 0 atom stereocenters. The molecule has 0 saturated heterocycles. The standard InChI is InChI=1S/C14H16N2O3/c1-8-7-11(17)12-9(14(18)19-4)5-6-10(16(2)3)13(12)15-8/h5-7H,1-4H3,(H,15,17). The Labute approximate surface area is 110 Å². The lowest BCUT2D eigenvalue weighted by molar-refractivity contribution is 0.0603. The fourth-order valence-corrected chi connectivity index (χ4v) is 2.13. The number of nitrogens with one attached hydrogen (secondary N) is 1. The number of anilines is 1. The van der Waals surface area contributed by atoms with Crippen LogP contribution in [-0.2, 0) is 4.74 Å². The van der Waals surface area contributed by atoms with Gasteiger partial charge < -0.3 is 14.6 Å². The number of benzene rings is 1. The molecule has 1 heterocycles. The number of methoxy groups -OCH3 is 1. The zero-order valence-electron chi connectivity index (χ0n) is 11.4. The van der Waals surface area contributed by atoms with Gasteiger partial charge in [0.1, 0.15) is 0 Å². The zero-order chi connectivity index (χ0) is 14.2. The van der Waals surface area contributed by atoms with Gasteiger partial charge in [-0.05, 0) is 19.1 Å². The van der Waals surface area contributed by atoms with E-state index in [-0.39, 0.29) is 11.0 Å². The monoisotopic (exact) mass is 260 g/mol. The van der Waals surface area contributed by atoms with Gasteiger partial charge in [0.2, 0.25) is 0 Å². The molecule has 2 rings (SSSR count). The predicted molar refractivity (Wildman–Crippen MR) is 75.0 cm³/mol. The predicted octanol–water partition coefficient (Wildman–Crippen LogP) is 1.69. The van der Waals surface area contributed by atoms with Crippen molar-refractivity contribution in [1.82, 2.24) is 4.98 Å². The fraction of sp³-hybridized carbons (Fsp3) is 0.286. The summed E-state index contributed by atoms with van der Waals surface area (Å²) in [5.41, 5.74) is 2.35. The number of rotatable bonds is 2. The van der Waals surface area contributed by atoms with Gasteiger partial charge in [0.25, 0.3) is 0 Å². The molecular formula is C14H16N2O3. The van der Waals surface area contributed by atoms with E-state index in [9.17, 15) is 9.59 Å². The number of aromatic nitrogens is 1. The molecule has 1 aromatic carbocycles. The molecule has 2 aromatic rings. The number of esters is 1. The van der Waals surface area contributed by atoms with Crippen LogP contribution in [0.25, 0.3) is 10.9 Å². The molecule has 0 unspecified atom stereocenters. The highest BCUT2D eigenvalue weighted by Gasteiger charge is 2.16. The Morgan fingerprint density at radius 1 is 1.32 bits per heavy atom. The molecule has 0 fully saturated rings. The van der Waals surface area contributed by atoms with E-state index in [1.165, 1.54) is 13.2 Å². The SMILES string of the molecule is COC(=O)c1ccc(N(C)C)c2[nH]c(C)cc(=O)c12. The van der Waals surface area contributed by atoms with Crippen molar-refractivity contribution in [2.75, 3.05) is 26.1 Å². The zero-order valence-corrected chi connectivity index (χ0v) is 11.4. The third kappa shape index (κ3) is 2.19. The lowest BCUT2D eigenvalue weighted by atomic mass is 10.1. The van der Waals surface area contributed by atoms with E-state index in [4.69, 9.17) is 4.74 Å². The van der Waals surface area contributed by atoms with E-state index in [1.807, 2.05) is 25.9 Å². The summed E-state index contributed by atoms with van der Waals surface area (Å²) in [6.45, 7) is 1.81.